The van der Waals surface area contributed by atoms with Crippen LogP contribution in [0.2, 0.25) is 0 Å². The molecule has 1 aromatic carbocycles. The van der Waals surface area contributed by atoms with Gasteiger partial charge < -0.3 is 10.6 Å². The summed E-state index contributed by atoms with van der Waals surface area (Å²) in [6.45, 7) is 3.29. The molecule has 1 aliphatic rings. The van der Waals surface area contributed by atoms with Gasteiger partial charge in [-0.25, -0.2) is 0 Å². The molecule has 23 heavy (non-hydrogen) atoms. The van der Waals surface area contributed by atoms with Crippen LogP contribution in [0.15, 0.2) is 41.8 Å². The first-order chi connectivity index (χ1) is 11.1. The number of thiophene rings is 1. The number of carbonyl (C=O) groups is 2. The second kappa shape index (κ2) is 6.64. The molecule has 2 heterocycles. The molecule has 2 N–H and O–H groups in total. The van der Waals surface area contributed by atoms with Crippen molar-refractivity contribution in [2.45, 2.75) is 19.4 Å². The van der Waals surface area contributed by atoms with Gasteiger partial charge in [0.2, 0.25) is 5.78 Å². The van der Waals surface area contributed by atoms with Crippen molar-refractivity contribution in [3.05, 3.63) is 57.8 Å². The maximum atomic E-state index is 13.0. The van der Waals surface area contributed by atoms with Gasteiger partial charge in [-0.05, 0) is 43.3 Å². The van der Waals surface area contributed by atoms with E-state index >= 15 is 0 Å². The van der Waals surface area contributed by atoms with E-state index in [0.29, 0.717) is 35.0 Å². The molecular weight excluding hydrogens is 308 g/mol. The van der Waals surface area contributed by atoms with Crippen LogP contribution in [0.25, 0.3) is 0 Å². The molecular formula is C18H20N2O2S. The van der Waals surface area contributed by atoms with Crippen molar-refractivity contribution in [1.82, 2.24) is 4.90 Å². The van der Waals surface area contributed by atoms with Crippen molar-refractivity contribution in [1.29, 1.82) is 0 Å². The van der Waals surface area contributed by atoms with E-state index in [0.717, 1.165) is 6.42 Å². The quantitative estimate of drug-likeness (QED) is 0.878. The molecule has 0 radical (unpaired) electrons. The standard InChI is InChI=1S/C18H20N2O2S/c1-12-9-13(10-19)11-20(12)18(22)15-6-3-2-5-14(15)17(21)16-7-4-8-23-16/h2-8,12-13H,9-11,19H2,1H3. The Bertz CT molecular complexity index is 712. The molecule has 3 rings (SSSR count). The largest absolute Gasteiger partial charge is 0.336 e. The summed E-state index contributed by atoms with van der Waals surface area (Å²) in [6, 6.07) is 10.9. The molecule has 1 saturated heterocycles. The van der Waals surface area contributed by atoms with E-state index in [1.54, 1.807) is 30.3 Å². The SMILES string of the molecule is CC1CC(CN)CN1C(=O)c1ccccc1C(=O)c1cccs1. The van der Waals surface area contributed by atoms with E-state index in [1.807, 2.05) is 23.3 Å². The molecule has 0 saturated carbocycles. The van der Waals surface area contributed by atoms with Gasteiger partial charge in [0, 0.05) is 18.2 Å². The number of benzene rings is 1. The van der Waals surface area contributed by atoms with Crippen LogP contribution in [-0.2, 0) is 0 Å². The molecule has 2 atom stereocenters. The molecule has 0 spiro atoms. The van der Waals surface area contributed by atoms with Crippen molar-refractivity contribution >= 4 is 23.0 Å². The Morgan fingerprint density at radius 3 is 2.57 bits per heavy atom. The molecule has 1 aliphatic heterocycles. The first kappa shape index (κ1) is 15.9. The van der Waals surface area contributed by atoms with Gasteiger partial charge in [-0.2, -0.15) is 0 Å². The molecule has 120 valence electrons. The van der Waals surface area contributed by atoms with E-state index in [2.05, 4.69) is 0 Å². The molecule has 2 unspecified atom stereocenters. The van der Waals surface area contributed by atoms with Crippen molar-refractivity contribution in [3.63, 3.8) is 0 Å². The Morgan fingerprint density at radius 1 is 1.22 bits per heavy atom. The molecule has 1 aromatic heterocycles. The highest BCUT2D eigenvalue weighted by atomic mass is 32.1. The predicted molar refractivity (Wildman–Crippen MR) is 91.9 cm³/mol. The summed E-state index contributed by atoms with van der Waals surface area (Å²) in [5.41, 5.74) is 6.71. The first-order valence-electron chi connectivity index (χ1n) is 7.80. The Balaban J connectivity index is 1.91. The molecule has 0 bridgehead atoms. The smallest absolute Gasteiger partial charge is 0.254 e. The first-order valence-corrected chi connectivity index (χ1v) is 8.68. The number of hydrogen-bond donors (Lipinski definition) is 1. The normalized spacial score (nSPS) is 20.7. The fraction of sp³-hybridized carbons (Fsp3) is 0.333. The van der Waals surface area contributed by atoms with Crippen molar-refractivity contribution < 1.29 is 9.59 Å². The lowest BCUT2D eigenvalue weighted by molar-refractivity contribution is 0.0739. The number of likely N-dealkylation sites (tertiary alicyclic amines) is 1. The zero-order valence-corrected chi connectivity index (χ0v) is 13.9. The van der Waals surface area contributed by atoms with E-state index < -0.39 is 0 Å². The van der Waals surface area contributed by atoms with Crippen LogP contribution >= 0.6 is 11.3 Å². The van der Waals surface area contributed by atoms with Crippen LogP contribution in [0.4, 0.5) is 0 Å². The number of carbonyl (C=O) groups excluding carboxylic acids is 2. The number of ketones is 1. The Kier molecular flexibility index (Phi) is 4.59. The molecule has 4 nitrogen and oxygen atoms in total. The van der Waals surface area contributed by atoms with Gasteiger partial charge in [0.25, 0.3) is 5.91 Å². The summed E-state index contributed by atoms with van der Waals surface area (Å²) in [5.74, 6) is 0.175. The van der Waals surface area contributed by atoms with Crippen LogP contribution in [0.5, 0.6) is 0 Å². The molecule has 0 aliphatic carbocycles. The topological polar surface area (TPSA) is 63.4 Å². The lowest BCUT2D eigenvalue weighted by Gasteiger charge is -2.22. The van der Waals surface area contributed by atoms with Crippen LogP contribution in [0, 0.1) is 5.92 Å². The van der Waals surface area contributed by atoms with Gasteiger partial charge in [0.1, 0.15) is 0 Å². The minimum Gasteiger partial charge on any atom is -0.336 e. The van der Waals surface area contributed by atoms with Gasteiger partial charge in [-0.15, -0.1) is 11.3 Å². The highest BCUT2D eigenvalue weighted by molar-refractivity contribution is 7.12. The second-order valence-corrected chi connectivity index (χ2v) is 6.94. The molecule has 5 heteroatoms. The zero-order chi connectivity index (χ0) is 16.4. The lowest BCUT2D eigenvalue weighted by Crippen LogP contribution is -2.35. The summed E-state index contributed by atoms with van der Waals surface area (Å²) < 4.78 is 0. The minimum absolute atomic E-state index is 0.0750. The highest BCUT2D eigenvalue weighted by Crippen LogP contribution is 2.26. The zero-order valence-electron chi connectivity index (χ0n) is 13.1. The highest BCUT2D eigenvalue weighted by Gasteiger charge is 2.33. The number of nitrogens with zero attached hydrogens (tertiary/aromatic N) is 1. The Labute approximate surface area is 139 Å². The van der Waals surface area contributed by atoms with Gasteiger partial charge in [-0.3, -0.25) is 9.59 Å². The fourth-order valence-electron chi connectivity index (χ4n) is 3.16. The van der Waals surface area contributed by atoms with E-state index in [-0.39, 0.29) is 17.7 Å². The average molecular weight is 328 g/mol. The van der Waals surface area contributed by atoms with Crippen LogP contribution < -0.4 is 5.73 Å². The van der Waals surface area contributed by atoms with Crippen molar-refractivity contribution in [3.8, 4) is 0 Å². The Hall–Kier alpha value is -1.98. The predicted octanol–water partition coefficient (Wildman–Crippen LogP) is 2.79. The van der Waals surface area contributed by atoms with E-state index in [1.165, 1.54) is 11.3 Å². The number of nitrogens with two attached hydrogens (primary N) is 1. The third-order valence-electron chi connectivity index (χ3n) is 4.40. The maximum Gasteiger partial charge on any atom is 0.254 e. The van der Waals surface area contributed by atoms with Crippen LogP contribution in [-0.4, -0.2) is 35.7 Å². The van der Waals surface area contributed by atoms with Crippen molar-refractivity contribution in [2.24, 2.45) is 11.7 Å². The van der Waals surface area contributed by atoms with E-state index in [4.69, 9.17) is 5.73 Å². The summed E-state index contributed by atoms with van der Waals surface area (Å²) in [5, 5.41) is 1.87. The monoisotopic (exact) mass is 328 g/mol. The van der Waals surface area contributed by atoms with Gasteiger partial charge in [0.05, 0.1) is 10.4 Å². The second-order valence-electron chi connectivity index (χ2n) is 6.00. The number of rotatable bonds is 4. The van der Waals surface area contributed by atoms with Gasteiger partial charge in [0.15, 0.2) is 0 Å². The summed E-state index contributed by atoms with van der Waals surface area (Å²) in [7, 11) is 0. The summed E-state index contributed by atoms with van der Waals surface area (Å²) >= 11 is 1.39. The average Bonchev–Trinajstić information content (AvgIpc) is 3.23. The third kappa shape index (κ3) is 3.07. The minimum atomic E-state index is -0.0915. The Morgan fingerprint density at radius 2 is 1.96 bits per heavy atom. The van der Waals surface area contributed by atoms with Crippen LogP contribution in [0.1, 0.15) is 38.9 Å². The van der Waals surface area contributed by atoms with Crippen LogP contribution in [0.3, 0.4) is 0 Å². The summed E-state index contributed by atoms with van der Waals surface area (Å²) in [6.07, 6.45) is 0.920. The van der Waals surface area contributed by atoms with Gasteiger partial charge >= 0.3 is 0 Å². The third-order valence-corrected chi connectivity index (χ3v) is 5.27. The fourth-order valence-corrected chi connectivity index (χ4v) is 3.84. The van der Waals surface area contributed by atoms with Crippen molar-refractivity contribution in [2.75, 3.05) is 13.1 Å². The van der Waals surface area contributed by atoms with Gasteiger partial charge in [-0.1, -0.05) is 24.3 Å². The number of amides is 1. The molecule has 2 aromatic rings. The van der Waals surface area contributed by atoms with E-state index in [9.17, 15) is 9.59 Å². The molecule has 1 amide bonds. The summed E-state index contributed by atoms with van der Waals surface area (Å²) in [4.78, 5) is 28.1. The molecule has 1 fully saturated rings. The maximum absolute atomic E-state index is 13.0. The number of hydrogen-bond acceptors (Lipinski definition) is 4. The lowest BCUT2D eigenvalue weighted by atomic mass is 10.0.